The van der Waals surface area contributed by atoms with Crippen LogP contribution in [0.15, 0.2) is 64.2 Å². The van der Waals surface area contributed by atoms with Crippen molar-refractivity contribution in [3.8, 4) is 0 Å². The van der Waals surface area contributed by atoms with Crippen molar-refractivity contribution in [2.24, 2.45) is 0 Å². The van der Waals surface area contributed by atoms with Gasteiger partial charge in [-0.05, 0) is 54.0 Å². The number of hydrogen-bond donors (Lipinski definition) is 1. The van der Waals surface area contributed by atoms with Gasteiger partial charge in [-0.2, -0.15) is 4.31 Å². The third-order valence-electron chi connectivity index (χ3n) is 5.89. The third kappa shape index (κ3) is 5.06. The van der Waals surface area contributed by atoms with Crippen LogP contribution in [0.2, 0.25) is 0 Å². The summed E-state index contributed by atoms with van der Waals surface area (Å²) in [4.78, 5) is 25.1. The largest absolute Gasteiger partial charge is 0.456 e. The molecular formula is C25H26N2O5S2. The molecule has 0 bridgehead atoms. The maximum atomic E-state index is 13.3. The van der Waals surface area contributed by atoms with Gasteiger partial charge in [0.1, 0.15) is 4.21 Å². The fraction of sp³-hybridized carbons (Fsp3) is 0.280. The molecule has 0 saturated carbocycles. The first-order valence-corrected chi connectivity index (χ1v) is 13.2. The van der Waals surface area contributed by atoms with Crippen LogP contribution in [-0.2, 0) is 30.8 Å². The van der Waals surface area contributed by atoms with Gasteiger partial charge in [0, 0.05) is 12.2 Å². The molecule has 0 spiro atoms. The lowest BCUT2D eigenvalue weighted by Gasteiger charge is -2.35. The summed E-state index contributed by atoms with van der Waals surface area (Å²) in [7, 11) is -3.77. The van der Waals surface area contributed by atoms with Crippen LogP contribution in [0.3, 0.4) is 0 Å². The predicted molar refractivity (Wildman–Crippen MR) is 131 cm³/mol. The summed E-state index contributed by atoms with van der Waals surface area (Å²) in [5, 5.41) is 4.49. The van der Waals surface area contributed by atoms with Crippen LogP contribution in [0, 0.1) is 13.8 Å². The fourth-order valence-corrected chi connectivity index (χ4v) is 6.93. The Kier molecular flexibility index (Phi) is 7.16. The van der Waals surface area contributed by atoms with Gasteiger partial charge in [-0.25, -0.2) is 8.42 Å². The van der Waals surface area contributed by atoms with Gasteiger partial charge in [0.15, 0.2) is 6.61 Å². The van der Waals surface area contributed by atoms with Crippen LogP contribution < -0.4 is 5.32 Å². The minimum Gasteiger partial charge on any atom is -0.456 e. The molecule has 4 rings (SSSR count). The third-order valence-corrected chi connectivity index (χ3v) is 9.17. The van der Waals surface area contributed by atoms with Gasteiger partial charge in [0.25, 0.3) is 15.9 Å². The number of ether oxygens (including phenoxy) is 1. The molecule has 9 heteroatoms. The number of para-hydroxylation sites is 1. The molecule has 1 N–H and O–H groups in total. The van der Waals surface area contributed by atoms with Crippen molar-refractivity contribution in [3.05, 3.63) is 82.2 Å². The van der Waals surface area contributed by atoms with E-state index in [1.54, 1.807) is 17.5 Å². The number of fused-ring (bicyclic) bond motifs is 1. The molecule has 178 valence electrons. The number of anilines is 1. The molecule has 0 unspecified atom stereocenters. The second-order valence-electron chi connectivity index (χ2n) is 8.19. The van der Waals surface area contributed by atoms with Gasteiger partial charge in [-0.1, -0.05) is 48.5 Å². The van der Waals surface area contributed by atoms with Gasteiger partial charge >= 0.3 is 5.97 Å². The first-order chi connectivity index (χ1) is 16.3. The first-order valence-electron chi connectivity index (χ1n) is 10.9. The molecule has 34 heavy (non-hydrogen) atoms. The Hall–Kier alpha value is -3.01. The molecule has 0 radical (unpaired) electrons. The van der Waals surface area contributed by atoms with E-state index in [1.165, 1.54) is 4.31 Å². The van der Waals surface area contributed by atoms with Gasteiger partial charge in [-0.15, -0.1) is 11.3 Å². The van der Waals surface area contributed by atoms with Crippen molar-refractivity contribution in [2.45, 2.75) is 36.9 Å². The highest BCUT2D eigenvalue weighted by Gasteiger charge is 2.38. The molecule has 7 nitrogen and oxygen atoms in total. The number of carbonyl (C=O) groups excluding carboxylic acids is 2. The summed E-state index contributed by atoms with van der Waals surface area (Å²) in [6, 6.07) is 15.7. The quantitative estimate of drug-likeness (QED) is 0.492. The van der Waals surface area contributed by atoms with Gasteiger partial charge in [0.2, 0.25) is 0 Å². The van der Waals surface area contributed by atoms with Crippen molar-refractivity contribution in [2.75, 3.05) is 18.5 Å². The fourth-order valence-electron chi connectivity index (χ4n) is 4.20. The number of nitrogens with zero attached hydrogens (tertiary/aromatic N) is 1. The first kappa shape index (κ1) is 24.1. The zero-order valence-electron chi connectivity index (χ0n) is 19.0. The topological polar surface area (TPSA) is 92.8 Å². The average Bonchev–Trinajstić information content (AvgIpc) is 3.36. The van der Waals surface area contributed by atoms with E-state index in [4.69, 9.17) is 4.74 Å². The van der Waals surface area contributed by atoms with E-state index in [0.29, 0.717) is 12.1 Å². The highest BCUT2D eigenvalue weighted by atomic mass is 32.2. The second kappa shape index (κ2) is 10.1. The molecule has 0 aliphatic carbocycles. The molecule has 0 fully saturated rings. The zero-order chi connectivity index (χ0) is 24.3. The van der Waals surface area contributed by atoms with Crippen LogP contribution in [0.25, 0.3) is 0 Å². The van der Waals surface area contributed by atoms with Crippen molar-refractivity contribution in [1.82, 2.24) is 4.31 Å². The summed E-state index contributed by atoms with van der Waals surface area (Å²) in [6.07, 6.45) is 0.378. The van der Waals surface area contributed by atoms with Gasteiger partial charge in [-0.3, -0.25) is 9.59 Å². The summed E-state index contributed by atoms with van der Waals surface area (Å²) in [5.41, 5.74) is 4.30. The van der Waals surface area contributed by atoms with Crippen LogP contribution in [0.1, 0.15) is 34.7 Å². The van der Waals surface area contributed by atoms with Crippen LogP contribution in [0.5, 0.6) is 0 Å². The van der Waals surface area contributed by atoms with E-state index in [-0.39, 0.29) is 17.2 Å². The predicted octanol–water partition coefficient (Wildman–Crippen LogP) is 4.23. The number of aryl methyl sites for hydroxylation is 2. The number of sulfonamides is 1. The zero-order valence-corrected chi connectivity index (χ0v) is 20.6. The molecule has 1 aromatic heterocycles. The Labute approximate surface area is 203 Å². The second-order valence-corrected chi connectivity index (χ2v) is 11.3. The number of esters is 1. The normalized spacial score (nSPS) is 16.0. The van der Waals surface area contributed by atoms with E-state index in [9.17, 15) is 18.0 Å². The number of nitrogens with one attached hydrogen (secondary N) is 1. The lowest BCUT2D eigenvalue weighted by molar-refractivity contribution is -0.148. The molecule has 1 atom stereocenters. The Morgan fingerprint density at radius 2 is 1.79 bits per heavy atom. The van der Waals surface area contributed by atoms with Crippen LogP contribution in [0.4, 0.5) is 5.69 Å². The Morgan fingerprint density at radius 3 is 2.50 bits per heavy atom. The molecule has 1 amide bonds. The number of benzene rings is 2. The lowest BCUT2D eigenvalue weighted by atomic mass is 9.92. The number of carbonyl (C=O) groups is 2. The number of amides is 1. The van der Waals surface area contributed by atoms with E-state index >= 15 is 0 Å². The Morgan fingerprint density at radius 1 is 1.06 bits per heavy atom. The Balaban J connectivity index is 1.48. The summed E-state index contributed by atoms with van der Waals surface area (Å²) >= 11 is 1.14. The molecule has 3 aromatic rings. The molecule has 2 heterocycles. The maximum Gasteiger partial charge on any atom is 0.308 e. The SMILES string of the molecule is Cc1cccc(C)c1NC(=O)COC(=O)C[C@H]1c2ccccc2CCN1S(=O)(=O)c1cccs1. The van der Waals surface area contributed by atoms with Crippen molar-refractivity contribution in [3.63, 3.8) is 0 Å². The lowest BCUT2D eigenvalue weighted by Crippen LogP contribution is -2.41. The maximum absolute atomic E-state index is 13.3. The molecule has 1 aliphatic heterocycles. The Bertz CT molecular complexity index is 1280. The minimum atomic E-state index is -3.77. The number of thiophene rings is 1. The smallest absolute Gasteiger partial charge is 0.308 e. The van der Waals surface area contributed by atoms with Gasteiger partial charge < -0.3 is 10.1 Å². The monoisotopic (exact) mass is 498 g/mol. The van der Waals surface area contributed by atoms with E-state index in [2.05, 4.69) is 5.32 Å². The van der Waals surface area contributed by atoms with Gasteiger partial charge in [0.05, 0.1) is 12.5 Å². The van der Waals surface area contributed by atoms with Crippen LogP contribution >= 0.6 is 11.3 Å². The van der Waals surface area contributed by atoms with Crippen molar-refractivity contribution in [1.29, 1.82) is 0 Å². The number of rotatable bonds is 7. The van der Waals surface area contributed by atoms with E-state index < -0.39 is 34.5 Å². The van der Waals surface area contributed by atoms with E-state index in [1.807, 2.05) is 56.3 Å². The molecule has 1 aliphatic rings. The molecular weight excluding hydrogens is 472 g/mol. The van der Waals surface area contributed by atoms with Crippen LogP contribution in [-0.4, -0.2) is 37.8 Å². The molecule has 2 aromatic carbocycles. The summed E-state index contributed by atoms with van der Waals surface area (Å²) < 4.78 is 33.5. The minimum absolute atomic E-state index is 0.182. The highest BCUT2D eigenvalue weighted by Crippen LogP contribution is 2.37. The van der Waals surface area contributed by atoms with Crippen molar-refractivity contribution < 1.29 is 22.7 Å². The van der Waals surface area contributed by atoms with Crippen molar-refractivity contribution >= 4 is 38.9 Å². The number of hydrogen-bond acceptors (Lipinski definition) is 6. The average molecular weight is 499 g/mol. The summed E-state index contributed by atoms with van der Waals surface area (Å²) in [6.45, 7) is 3.59. The standard InChI is InChI=1S/C25H26N2O5S2/c1-17-7-5-8-18(2)25(17)26-22(28)16-32-23(29)15-21-20-10-4-3-9-19(20)12-13-27(21)34(30,31)24-11-6-14-33-24/h3-11,14,21H,12-13,15-16H2,1-2H3,(H,26,28)/t21-/m0/s1. The van der Waals surface area contributed by atoms with E-state index in [0.717, 1.165) is 33.6 Å². The molecule has 0 saturated heterocycles. The highest BCUT2D eigenvalue weighted by molar-refractivity contribution is 7.91. The summed E-state index contributed by atoms with van der Waals surface area (Å²) in [5.74, 6) is -1.08.